The van der Waals surface area contributed by atoms with Crippen LogP contribution >= 0.6 is 0 Å². The highest BCUT2D eigenvalue weighted by atomic mass is 16.6. The van der Waals surface area contributed by atoms with E-state index in [4.69, 9.17) is 0 Å². The van der Waals surface area contributed by atoms with Crippen molar-refractivity contribution < 1.29 is 14.3 Å². The zero-order valence-corrected chi connectivity index (χ0v) is 11.0. The summed E-state index contributed by atoms with van der Waals surface area (Å²) in [5, 5.41) is 0. The maximum absolute atomic E-state index is 11.3. The van der Waals surface area contributed by atoms with Gasteiger partial charge in [0.1, 0.15) is 0 Å². The van der Waals surface area contributed by atoms with Gasteiger partial charge in [-0.3, -0.25) is 0 Å². The molecular formula is C14H20O3. The minimum absolute atomic E-state index is 0.217. The zero-order chi connectivity index (χ0) is 13.4. The lowest BCUT2D eigenvalue weighted by Crippen LogP contribution is -2.10. The molecule has 0 aromatic carbocycles. The molecule has 0 fully saturated rings. The summed E-state index contributed by atoms with van der Waals surface area (Å²) in [6.45, 7) is 10.8. The van der Waals surface area contributed by atoms with Crippen LogP contribution in [0.5, 0.6) is 0 Å². The predicted molar refractivity (Wildman–Crippen MR) is 68.3 cm³/mol. The summed E-state index contributed by atoms with van der Waals surface area (Å²) in [6.07, 6.45) is 5.11. The first-order valence-electron chi connectivity index (χ1n) is 5.55. The Bertz CT molecular complexity index is 369. The van der Waals surface area contributed by atoms with Crippen molar-refractivity contribution in [2.45, 2.75) is 40.5 Å². The summed E-state index contributed by atoms with van der Waals surface area (Å²) in [6, 6.07) is 0. The summed E-state index contributed by atoms with van der Waals surface area (Å²) < 4.78 is 4.54. The van der Waals surface area contributed by atoms with Crippen LogP contribution in [0.3, 0.4) is 0 Å². The molecule has 0 bridgehead atoms. The molecule has 0 aliphatic rings. The quantitative estimate of drug-likeness (QED) is 0.318. The van der Waals surface area contributed by atoms with E-state index < -0.39 is 11.9 Å². The maximum Gasteiger partial charge on any atom is 0.340 e. The molecule has 0 atom stereocenters. The Hall–Kier alpha value is -1.64. The number of ether oxygens (including phenoxy) is 1. The molecule has 0 aliphatic heterocycles. The van der Waals surface area contributed by atoms with Crippen LogP contribution in [0.4, 0.5) is 0 Å². The third-order valence-corrected chi connectivity index (χ3v) is 2.00. The Morgan fingerprint density at radius 1 is 1.18 bits per heavy atom. The molecule has 0 spiro atoms. The second-order valence-electron chi connectivity index (χ2n) is 4.30. The van der Waals surface area contributed by atoms with Crippen LogP contribution in [0, 0.1) is 0 Å². The number of esters is 2. The molecule has 0 amide bonds. The molecule has 0 aliphatic carbocycles. The lowest BCUT2D eigenvalue weighted by Gasteiger charge is -2.00. The Morgan fingerprint density at radius 2 is 1.76 bits per heavy atom. The van der Waals surface area contributed by atoms with Gasteiger partial charge in [0.25, 0.3) is 0 Å². The molecule has 0 aromatic heterocycles. The van der Waals surface area contributed by atoms with Crippen molar-refractivity contribution >= 4 is 11.9 Å². The van der Waals surface area contributed by atoms with Crippen molar-refractivity contribution in [3.05, 3.63) is 35.5 Å². The average Bonchev–Trinajstić information content (AvgIpc) is 2.16. The van der Waals surface area contributed by atoms with Gasteiger partial charge in [0.2, 0.25) is 0 Å². The fraction of sp³-hybridized carbons (Fsp3) is 0.429. The van der Waals surface area contributed by atoms with E-state index in [1.807, 2.05) is 20.8 Å². The molecule has 0 saturated carbocycles. The molecule has 3 nitrogen and oxygen atoms in total. The van der Waals surface area contributed by atoms with Gasteiger partial charge in [-0.05, 0) is 40.5 Å². The summed E-state index contributed by atoms with van der Waals surface area (Å²) in [7, 11) is 0. The van der Waals surface area contributed by atoms with Crippen molar-refractivity contribution in [2.75, 3.05) is 0 Å². The topological polar surface area (TPSA) is 43.4 Å². The van der Waals surface area contributed by atoms with Crippen molar-refractivity contribution in [1.29, 1.82) is 0 Å². The van der Waals surface area contributed by atoms with E-state index in [2.05, 4.69) is 17.4 Å². The molecule has 0 saturated heterocycles. The summed E-state index contributed by atoms with van der Waals surface area (Å²) >= 11 is 0. The summed E-state index contributed by atoms with van der Waals surface area (Å²) in [5.41, 5.74) is 2.36. The lowest BCUT2D eigenvalue weighted by molar-refractivity contribution is -0.153. The SMILES string of the molecule is C=C(C)C(=O)OC(=O)/C=C(\C)CCC=C(C)C. The molecule has 0 rings (SSSR count). The van der Waals surface area contributed by atoms with Crippen molar-refractivity contribution in [2.24, 2.45) is 0 Å². The van der Waals surface area contributed by atoms with Gasteiger partial charge in [-0.15, -0.1) is 0 Å². The Labute approximate surface area is 103 Å². The van der Waals surface area contributed by atoms with Crippen LogP contribution in [0.15, 0.2) is 35.5 Å². The predicted octanol–water partition coefficient (Wildman–Crippen LogP) is 3.33. The number of rotatable bonds is 5. The van der Waals surface area contributed by atoms with Gasteiger partial charge in [0, 0.05) is 11.6 Å². The highest BCUT2D eigenvalue weighted by molar-refractivity contribution is 5.98. The molecule has 0 unspecified atom stereocenters. The van der Waals surface area contributed by atoms with E-state index in [1.54, 1.807) is 0 Å². The highest BCUT2D eigenvalue weighted by Crippen LogP contribution is 2.07. The minimum Gasteiger partial charge on any atom is -0.386 e. The lowest BCUT2D eigenvalue weighted by atomic mass is 10.1. The third-order valence-electron chi connectivity index (χ3n) is 2.00. The van der Waals surface area contributed by atoms with Gasteiger partial charge in [-0.2, -0.15) is 0 Å². The molecule has 0 N–H and O–H groups in total. The van der Waals surface area contributed by atoms with Crippen molar-refractivity contribution in [1.82, 2.24) is 0 Å². The van der Waals surface area contributed by atoms with E-state index in [9.17, 15) is 9.59 Å². The van der Waals surface area contributed by atoms with Gasteiger partial charge in [-0.25, -0.2) is 9.59 Å². The standard InChI is InChI=1S/C14H20O3/c1-10(2)7-6-8-12(5)9-13(15)17-14(16)11(3)4/h7,9H,3,6,8H2,1-2,4-5H3/b12-9+. The van der Waals surface area contributed by atoms with Gasteiger partial charge in [-0.1, -0.05) is 23.8 Å². The normalized spacial score (nSPS) is 10.7. The number of hydrogen-bond acceptors (Lipinski definition) is 3. The number of carbonyl (C=O) groups is 2. The van der Waals surface area contributed by atoms with Crippen LogP contribution < -0.4 is 0 Å². The molecular weight excluding hydrogens is 216 g/mol. The highest BCUT2D eigenvalue weighted by Gasteiger charge is 2.08. The summed E-state index contributed by atoms with van der Waals surface area (Å²) in [4.78, 5) is 22.3. The number of hydrogen-bond donors (Lipinski definition) is 0. The third kappa shape index (κ3) is 8.20. The second-order valence-corrected chi connectivity index (χ2v) is 4.30. The van der Waals surface area contributed by atoms with Crippen molar-refractivity contribution in [3.63, 3.8) is 0 Å². The Morgan fingerprint density at radius 3 is 2.24 bits per heavy atom. The van der Waals surface area contributed by atoms with E-state index in [-0.39, 0.29) is 5.57 Å². The van der Waals surface area contributed by atoms with E-state index in [0.29, 0.717) is 0 Å². The zero-order valence-electron chi connectivity index (χ0n) is 11.0. The van der Waals surface area contributed by atoms with E-state index >= 15 is 0 Å². The summed E-state index contributed by atoms with van der Waals surface area (Å²) in [5.74, 6) is -1.31. The monoisotopic (exact) mass is 236 g/mol. The van der Waals surface area contributed by atoms with E-state index in [1.165, 1.54) is 18.6 Å². The van der Waals surface area contributed by atoms with Crippen molar-refractivity contribution in [3.8, 4) is 0 Å². The van der Waals surface area contributed by atoms with Gasteiger partial charge < -0.3 is 4.74 Å². The molecule has 0 aromatic rings. The van der Waals surface area contributed by atoms with Crippen LogP contribution in [-0.2, 0) is 14.3 Å². The molecule has 17 heavy (non-hydrogen) atoms. The van der Waals surface area contributed by atoms with Gasteiger partial charge >= 0.3 is 11.9 Å². The molecule has 3 heteroatoms. The fourth-order valence-electron chi connectivity index (χ4n) is 1.07. The number of carbonyl (C=O) groups excluding carboxylic acids is 2. The van der Waals surface area contributed by atoms with Crippen LogP contribution in [0.25, 0.3) is 0 Å². The van der Waals surface area contributed by atoms with E-state index in [0.717, 1.165) is 18.4 Å². The molecule has 94 valence electrons. The largest absolute Gasteiger partial charge is 0.386 e. The van der Waals surface area contributed by atoms with Crippen LogP contribution in [-0.4, -0.2) is 11.9 Å². The first-order chi connectivity index (χ1) is 7.82. The average molecular weight is 236 g/mol. The maximum atomic E-state index is 11.3. The number of allylic oxidation sites excluding steroid dienone is 3. The fourth-order valence-corrected chi connectivity index (χ4v) is 1.07. The Balaban J connectivity index is 4.20. The first-order valence-corrected chi connectivity index (χ1v) is 5.55. The minimum atomic E-state index is -0.677. The molecule has 0 radical (unpaired) electrons. The smallest absolute Gasteiger partial charge is 0.340 e. The first kappa shape index (κ1) is 15.4. The Kier molecular flexibility index (Phi) is 6.87. The van der Waals surface area contributed by atoms with Crippen LogP contribution in [0.2, 0.25) is 0 Å². The van der Waals surface area contributed by atoms with Crippen LogP contribution in [0.1, 0.15) is 40.5 Å². The molecule has 0 heterocycles. The van der Waals surface area contributed by atoms with Gasteiger partial charge in [0.15, 0.2) is 0 Å². The van der Waals surface area contributed by atoms with Gasteiger partial charge in [0.05, 0.1) is 0 Å². The second kappa shape index (κ2) is 7.60.